The highest BCUT2D eigenvalue weighted by Crippen LogP contribution is 2.35. The van der Waals surface area contributed by atoms with Crippen LogP contribution in [0.4, 0.5) is 0 Å². The molecule has 0 spiro atoms. The molecule has 0 saturated carbocycles. The van der Waals surface area contributed by atoms with E-state index in [2.05, 4.69) is 4.90 Å². The van der Waals surface area contributed by atoms with Gasteiger partial charge in [0.25, 0.3) is 0 Å². The van der Waals surface area contributed by atoms with Crippen LogP contribution >= 0.6 is 23.2 Å². The number of ketones is 1. The molecule has 1 saturated heterocycles. The molecule has 4 heteroatoms. The highest BCUT2D eigenvalue weighted by atomic mass is 35.5. The smallest absolute Gasteiger partial charge is 0.169 e. The summed E-state index contributed by atoms with van der Waals surface area (Å²) in [6, 6.07) is 15.1. The van der Waals surface area contributed by atoms with Crippen molar-refractivity contribution in [3.63, 3.8) is 0 Å². The monoisotopic (exact) mass is 333 g/mol. The Morgan fingerprint density at radius 1 is 1.05 bits per heavy atom. The fourth-order valence-electron chi connectivity index (χ4n) is 3.17. The molecule has 114 valence electrons. The SMILES string of the molecule is CN1C[C@@H](C(=O)c2ccccc2Cl)[C@H](c2ccc(Cl)cc2)C1. The normalized spacial score (nSPS) is 22.0. The predicted molar refractivity (Wildman–Crippen MR) is 91.0 cm³/mol. The van der Waals surface area contributed by atoms with Gasteiger partial charge in [0.2, 0.25) is 0 Å². The van der Waals surface area contributed by atoms with Gasteiger partial charge in [-0.2, -0.15) is 0 Å². The average molecular weight is 334 g/mol. The molecule has 0 aliphatic carbocycles. The molecule has 0 N–H and O–H groups in total. The third kappa shape index (κ3) is 3.05. The lowest BCUT2D eigenvalue weighted by atomic mass is 9.84. The largest absolute Gasteiger partial charge is 0.305 e. The summed E-state index contributed by atoms with van der Waals surface area (Å²) in [6.45, 7) is 1.61. The Hall–Kier alpha value is -1.35. The predicted octanol–water partition coefficient (Wildman–Crippen LogP) is 4.52. The van der Waals surface area contributed by atoms with E-state index in [9.17, 15) is 4.79 Å². The number of carbonyl (C=O) groups excluding carboxylic acids is 1. The first-order valence-electron chi connectivity index (χ1n) is 7.29. The molecule has 1 aliphatic heterocycles. The van der Waals surface area contributed by atoms with Crippen LogP contribution < -0.4 is 0 Å². The Morgan fingerprint density at radius 3 is 2.41 bits per heavy atom. The Bertz CT molecular complexity index is 684. The van der Waals surface area contributed by atoms with Gasteiger partial charge < -0.3 is 4.90 Å². The zero-order valence-electron chi connectivity index (χ0n) is 12.3. The Labute approximate surface area is 140 Å². The maximum atomic E-state index is 12.9. The number of hydrogen-bond donors (Lipinski definition) is 0. The number of halogens is 2. The molecule has 1 heterocycles. The number of nitrogens with zero attached hydrogens (tertiary/aromatic N) is 1. The average Bonchev–Trinajstić information content (AvgIpc) is 2.90. The molecule has 1 aliphatic rings. The summed E-state index contributed by atoms with van der Waals surface area (Å²) >= 11 is 12.2. The fourth-order valence-corrected chi connectivity index (χ4v) is 3.53. The second kappa shape index (κ2) is 6.41. The summed E-state index contributed by atoms with van der Waals surface area (Å²) in [5.41, 5.74) is 1.77. The lowest BCUT2D eigenvalue weighted by Crippen LogP contribution is -2.22. The van der Waals surface area contributed by atoms with E-state index in [1.54, 1.807) is 6.07 Å². The van der Waals surface area contributed by atoms with Crippen molar-refractivity contribution in [2.24, 2.45) is 5.92 Å². The minimum atomic E-state index is -0.0777. The quantitative estimate of drug-likeness (QED) is 0.769. The highest BCUT2D eigenvalue weighted by Gasteiger charge is 2.37. The molecule has 2 nitrogen and oxygen atoms in total. The van der Waals surface area contributed by atoms with Crippen LogP contribution in [0, 0.1) is 5.92 Å². The summed E-state index contributed by atoms with van der Waals surface area (Å²) in [5, 5.41) is 1.24. The number of likely N-dealkylation sites (tertiary alicyclic amines) is 1. The van der Waals surface area contributed by atoms with E-state index in [4.69, 9.17) is 23.2 Å². The molecule has 0 radical (unpaired) electrons. The Kier molecular flexibility index (Phi) is 4.53. The van der Waals surface area contributed by atoms with Crippen molar-refractivity contribution in [1.29, 1.82) is 0 Å². The van der Waals surface area contributed by atoms with E-state index in [1.165, 1.54) is 0 Å². The minimum absolute atomic E-state index is 0.0777. The molecule has 3 rings (SSSR count). The lowest BCUT2D eigenvalue weighted by molar-refractivity contribution is 0.0916. The van der Waals surface area contributed by atoms with Crippen LogP contribution in [0.2, 0.25) is 10.0 Å². The van der Waals surface area contributed by atoms with E-state index in [1.807, 2.05) is 49.5 Å². The molecule has 2 aromatic rings. The fraction of sp³-hybridized carbons (Fsp3) is 0.278. The summed E-state index contributed by atoms with van der Waals surface area (Å²) in [6.07, 6.45) is 0. The number of hydrogen-bond acceptors (Lipinski definition) is 2. The summed E-state index contributed by atoms with van der Waals surface area (Å²) in [5.74, 6) is 0.215. The van der Waals surface area contributed by atoms with Gasteiger partial charge in [-0.05, 0) is 36.9 Å². The van der Waals surface area contributed by atoms with Gasteiger partial charge in [0.05, 0.1) is 5.02 Å². The Morgan fingerprint density at radius 2 is 1.73 bits per heavy atom. The van der Waals surface area contributed by atoms with Gasteiger partial charge in [-0.25, -0.2) is 0 Å². The molecule has 0 amide bonds. The van der Waals surface area contributed by atoms with Crippen molar-refractivity contribution in [3.8, 4) is 0 Å². The van der Waals surface area contributed by atoms with Crippen LogP contribution in [0.5, 0.6) is 0 Å². The van der Waals surface area contributed by atoms with Gasteiger partial charge in [0.1, 0.15) is 0 Å². The number of likely N-dealkylation sites (N-methyl/N-ethyl adjacent to an activating group) is 1. The number of rotatable bonds is 3. The first kappa shape index (κ1) is 15.5. The van der Waals surface area contributed by atoms with Gasteiger partial charge in [-0.15, -0.1) is 0 Å². The Balaban J connectivity index is 1.92. The first-order chi connectivity index (χ1) is 10.6. The van der Waals surface area contributed by atoms with Crippen molar-refractivity contribution in [2.75, 3.05) is 20.1 Å². The minimum Gasteiger partial charge on any atom is -0.305 e. The van der Waals surface area contributed by atoms with Crippen LogP contribution in [-0.2, 0) is 0 Å². The van der Waals surface area contributed by atoms with Crippen molar-refractivity contribution in [2.45, 2.75) is 5.92 Å². The third-order valence-electron chi connectivity index (χ3n) is 4.28. The van der Waals surface area contributed by atoms with Gasteiger partial charge in [0, 0.05) is 35.5 Å². The maximum absolute atomic E-state index is 12.9. The van der Waals surface area contributed by atoms with Crippen LogP contribution in [0.25, 0.3) is 0 Å². The molecule has 0 aromatic heterocycles. The van der Waals surface area contributed by atoms with Crippen molar-refractivity contribution >= 4 is 29.0 Å². The van der Waals surface area contributed by atoms with Crippen molar-refractivity contribution in [3.05, 3.63) is 69.7 Å². The molecule has 0 bridgehead atoms. The van der Waals surface area contributed by atoms with Crippen LogP contribution in [0.3, 0.4) is 0 Å². The first-order valence-corrected chi connectivity index (χ1v) is 8.04. The number of carbonyl (C=O) groups is 1. The molecular weight excluding hydrogens is 317 g/mol. The van der Waals surface area contributed by atoms with Gasteiger partial charge in [-0.1, -0.05) is 47.5 Å². The summed E-state index contributed by atoms with van der Waals surface area (Å²) in [7, 11) is 2.04. The summed E-state index contributed by atoms with van der Waals surface area (Å²) in [4.78, 5) is 15.1. The van der Waals surface area contributed by atoms with Crippen molar-refractivity contribution < 1.29 is 4.79 Å². The van der Waals surface area contributed by atoms with Gasteiger partial charge in [-0.3, -0.25) is 4.79 Å². The standard InChI is InChI=1S/C18H17Cl2NO/c1-21-10-15(12-6-8-13(19)9-7-12)16(11-21)18(22)14-4-2-3-5-17(14)20/h2-9,15-16H,10-11H2,1H3/t15-,16+/m0/s1. The second-order valence-electron chi connectivity index (χ2n) is 5.83. The van der Waals surface area contributed by atoms with Crippen LogP contribution in [0.1, 0.15) is 21.8 Å². The molecule has 1 fully saturated rings. The zero-order chi connectivity index (χ0) is 15.7. The summed E-state index contributed by atoms with van der Waals surface area (Å²) < 4.78 is 0. The van der Waals surface area contributed by atoms with Crippen LogP contribution in [0.15, 0.2) is 48.5 Å². The molecule has 2 atom stereocenters. The van der Waals surface area contributed by atoms with E-state index >= 15 is 0 Å². The van der Waals surface area contributed by atoms with Crippen LogP contribution in [-0.4, -0.2) is 30.8 Å². The number of Topliss-reactive ketones (excluding diaryl/α,β-unsaturated/α-hetero) is 1. The topological polar surface area (TPSA) is 20.3 Å². The van der Waals surface area contributed by atoms with Gasteiger partial charge in [0.15, 0.2) is 5.78 Å². The van der Waals surface area contributed by atoms with E-state index in [0.717, 1.165) is 18.7 Å². The van der Waals surface area contributed by atoms with E-state index in [0.29, 0.717) is 15.6 Å². The lowest BCUT2D eigenvalue weighted by Gasteiger charge is -2.18. The molecule has 2 aromatic carbocycles. The molecule has 0 unspecified atom stereocenters. The number of benzene rings is 2. The molecular formula is C18H17Cl2NO. The van der Waals surface area contributed by atoms with E-state index < -0.39 is 0 Å². The van der Waals surface area contributed by atoms with E-state index in [-0.39, 0.29) is 17.6 Å². The van der Waals surface area contributed by atoms with Gasteiger partial charge >= 0.3 is 0 Å². The zero-order valence-corrected chi connectivity index (χ0v) is 13.8. The highest BCUT2D eigenvalue weighted by molar-refractivity contribution is 6.34. The second-order valence-corrected chi connectivity index (χ2v) is 6.67. The molecule has 22 heavy (non-hydrogen) atoms. The third-order valence-corrected chi connectivity index (χ3v) is 4.86. The van der Waals surface area contributed by atoms with Crippen molar-refractivity contribution in [1.82, 2.24) is 4.90 Å². The maximum Gasteiger partial charge on any atom is 0.169 e.